The first-order chi connectivity index (χ1) is 13.9. The van der Waals surface area contributed by atoms with Crippen molar-refractivity contribution in [2.24, 2.45) is 0 Å². The molecule has 8 nitrogen and oxygen atoms in total. The fourth-order valence-electron chi connectivity index (χ4n) is 2.54. The van der Waals surface area contributed by atoms with E-state index >= 15 is 0 Å². The monoisotopic (exact) mass is 453 g/mol. The number of benzene rings is 1. The molecule has 0 spiro atoms. The highest BCUT2D eigenvalue weighted by atomic mass is 35.5. The number of carbonyl (C=O) groups is 1. The van der Waals surface area contributed by atoms with Crippen LogP contribution in [-0.4, -0.2) is 52.7 Å². The zero-order valence-electron chi connectivity index (χ0n) is 16.1. The molecule has 0 saturated heterocycles. The molecule has 0 bridgehead atoms. The number of thioether (sulfide) groups is 1. The van der Waals surface area contributed by atoms with E-state index in [1.165, 1.54) is 27.8 Å². The van der Waals surface area contributed by atoms with E-state index in [0.717, 1.165) is 10.4 Å². The van der Waals surface area contributed by atoms with Crippen molar-refractivity contribution in [3.63, 3.8) is 0 Å². The number of carbonyl (C=O) groups excluding carboxylic acids is 1. The maximum Gasteiger partial charge on any atom is 0.233 e. The summed E-state index contributed by atoms with van der Waals surface area (Å²) in [6, 6.07) is 9.09. The summed E-state index contributed by atoms with van der Waals surface area (Å²) in [6.45, 7) is 0.503. The second-order valence-electron chi connectivity index (χ2n) is 5.99. The summed E-state index contributed by atoms with van der Waals surface area (Å²) in [5, 5.41) is 8.69. The van der Waals surface area contributed by atoms with Gasteiger partial charge in [0.2, 0.25) is 11.1 Å². The smallest absolute Gasteiger partial charge is 0.233 e. The van der Waals surface area contributed by atoms with Crippen LogP contribution in [0.15, 0.2) is 35.5 Å². The predicted molar refractivity (Wildman–Crippen MR) is 115 cm³/mol. The van der Waals surface area contributed by atoms with Crippen molar-refractivity contribution in [3.8, 4) is 22.9 Å². The Bertz CT molecular complexity index is 1010. The van der Waals surface area contributed by atoms with Gasteiger partial charge in [0.15, 0.2) is 17.3 Å². The molecule has 29 heavy (non-hydrogen) atoms. The molecule has 0 radical (unpaired) electrons. The molecule has 154 valence electrons. The van der Waals surface area contributed by atoms with E-state index in [0.29, 0.717) is 33.4 Å². The SMILES string of the molecule is COc1ccc(-c2nnc(SCC(=O)N(C)Cc3ccc(Cl)s3)n2N)cc1OC. The molecule has 1 aromatic carbocycles. The molecule has 3 aromatic rings. The Labute approximate surface area is 181 Å². The number of aromatic nitrogens is 3. The van der Waals surface area contributed by atoms with Gasteiger partial charge in [0.05, 0.1) is 30.9 Å². The number of nitrogens with two attached hydrogens (primary N) is 1. The van der Waals surface area contributed by atoms with Crippen molar-refractivity contribution in [3.05, 3.63) is 39.5 Å². The Morgan fingerprint density at radius 1 is 1.24 bits per heavy atom. The lowest BCUT2D eigenvalue weighted by molar-refractivity contribution is -0.127. The maximum atomic E-state index is 12.4. The summed E-state index contributed by atoms with van der Waals surface area (Å²) in [5.41, 5.74) is 0.725. The molecule has 3 rings (SSSR count). The summed E-state index contributed by atoms with van der Waals surface area (Å²) in [5.74, 6) is 7.92. The van der Waals surface area contributed by atoms with Gasteiger partial charge in [0, 0.05) is 17.5 Å². The van der Waals surface area contributed by atoms with E-state index in [1.807, 2.05) is 18.2 Å². The van der Waals surface area contributed by atoms with E-state index in [-0.39, 0.29) is 11.7 Å². The van der Waals surface area contributed by atoms with Crippen molar-refractivity contribution in [1.29, 1.82) is 0 Å². The second kappa shape index (κ2) is 9.38. The lowest BCUT2D eigenvalue weighted by Crippen LogP contribution is -2.27. The van der Waals surface area contributed by atoms with Gasteiger partial charge in [-0.05, 0) is 30.3 Å². The van der Waals surface area contributed by atoms with Crippen LogP contribution in [0.5, 0.6) is 11.5 Å². The van der Waals surface area contributed by atoms with Crippen molar-refractivity contribution < 1.29 is 14.3 Å². The average molecular weight is 454 g/mol. The fourth-order valence-corrected chi connectivity index (χ4v) is 4.48. The summed E-state index contributed by atoms with van der Waals surface area (Å²) >= 11 is 8.62. The van der Waals surface area contributed by atoms with Gasteiger partial charge in [-0.15, -0.1) is 21.5 Å². The first-order valence-electron chi connectivity index (χ1n) is 8.46. The van der Waals surface area contributed by atoms with Crippen molar-refractivity contribution in [1.82, 2.24) is 19.8 Å². The Hall–Kier alpha value is -2.43. The number of hydrogen-bond donors (Lipinski definition) is 1. The van der Waals surface area contributed by atoms with Crippen LogP contribution < -0.4 is 15.3 Å². The Morgan fingerprint density at radius 2 is 2.00 bits per heavy atom. The second-order valence-corrected chi connectivity index (χ2v) is 8.73. The highest BCUT2D eigenvalue weighted by Crippen LogP contribution is 2.32. The molecule has 0 aliphatic rings. The molecule has 2 aromatic heterocycles. The number of amides is 1. The molecule has 0 aliphatic carbocycles. The Kier molecular flexibility index (Phi) is 6.88. The first-order valence-corrected chi connectivity index (χ1v) is 10.6. The van der Waals surface area contributed by atoms with E-state index in [2.05, 4.69) is 10.2 Å². The molecule has 0 saturated carbocycles. The minimum atomic E-state index is -0.0461. The third-order valence-electron chi connectivity index (χ3n) is 4.08. The number of ether oxygens (including phenoxy) is 2. The van der Waals surface area contributed by atoms with Crippen LogP contribution in [0, 0.1) is 0 Å². The minimum absolute atomic E-state index is 0.0461. The third kappa shape index (κ3) is 4.95. The van der Waals surface area contributed by atoms with Crippen LogP contribution >= 0.6 is 34.7 Å². The van der Waals surface area contributed by atoms with Gasteiger partial charge < -0.3 is 20.2 Å². The van der Waals surface area contributed by atoms with Crippen molar-refractivity contribution in [2.75, 3.05) is 32.9 Å². The van der Waals surface area contributed by atoms with Gasteiger partial charge in [0.1, 0.15) is 0 Å². The van der Waals surface area contributed by atoms with Gasteiger partial charge in [0.25, 0.3) is 0 Å². The number of nitrogens with zero attached hydrogens (tertiary/aromatic N) is 4. The van der Waals surface area contributed by atoms with E-state index < -0.39 is 0 Å². The van der Waals surface area contributed by atoms with Crippen LogP contribution in [0.2, 0.25) is 4.34 Å². The molecule has 2 heterocycles. The lowest BCUT2D eigenvalue weighted by atomic mass is 10.2. The first kappa shape index (κ1) is 21.3. The molecule has 1 amide bonds. The van der Waals surface area contributed by atoms with E-state index in [1.54, 1.807) is 38.3 Å². The summed E-state index contributed by atoms with van der Waals surface area (Å²) in [6.07, 6.45) is 0. The number of methoxy groups -OCH3 is 2. The Morgan fingerprint density at radius 3 is 2.66 bits per heavy atom. The molecule has 0 unspecified atom stereocenters. The topological polar surface area (TPSA) is 95.5 Å². The molecular formula is C18H20ClN5O3S2. The van der Waals surface area contributed by atoms with Gasteiger partial charge >= 0.3 is 0 Å². The van der Waals surface area contributed by atoms with Crippen LogP contribution in [0.3, 0.4) is 0 Å². The minimum Gasteiger partial charge on any atom is -0.493 e. The summed E-state index contributed by atoms with van der Waals surface area (Å²) in [4.78, 5) is 15.1. The van der Waals surface area contributed by atoms with Gasteiger partial charge in [-0.25, -0.2) is 4.68 Å². The molecular weight excluding hydrogens is 434 g/mol. The van der Waals surface area contributed by atoms with Gasteiger partial charge in [-0.1, -0.05) is 23.4 Å². The number of hydrogen-bond acceptors (Lipinski definition) is 8. The number of rotatable bonds is 8. The van der Waals surface area contributed by atoms with Crippen LogP contribution in [0.25, 0.3) is 11.4 Å². The molecule has 11 heteroatoms. The zero-order chi connectivity index (χ0) is 21.0. The molecule has 0 fully saturated rings. The van der Waals surface area contributed by atoms with Crippen LogP contribution in [0.1, 0.15) is 4.88 Å². The standard InChI is InChI=1S/C18H20ClN5O3S2/c1-23(9-12-5-7-15(19)29-12)16(25)10-28-18-22-21-17(24(18)20)11-4-6-13(26-2)14(8-11)27-3/h4-8H,9-10,20H2,1-3H3. The molecule has 2 N–H and O–H groups in total. The highest BCUT2D eigenvalue weighted by Gasteiger charge is 2.17. The molecule has 0 atom stereocenters. The number of halogens is 1. The van der Waals surface area contributed by atoms with Crippen molar-refractivity contribution in [2.45, 2.75) is 11.7 Å². The van der Waals surface area contributed by atoms with Crippen molar-refractivity contribution >= 4 is 40.6 Å². The van der Waals surface area contributed by atoms with Crippen LogP contribution in [0.4, 0.5) is 0 Å². The lowest BCUT2D eigenvalue weighted by Gasteiger charge is -2.15. The van der Waals surface area contributed by atoms with Gasteiger partial charge in [-0.3, -0.25) is 4.79 Å². The normalized spacial score (nSPS) is 10.8. The highest BCUT2D eigenvalue weighted by molar-refractivity contribution is 7.99. The Balaban J connectivity index is 1.66. The third-order valence-corrected chi connectivity index (χ3v) is 6.22. The van der Waals surface area contributed by atoms with Gasteiger partial charge in [-0.2, -0.15) is 0 Å². The fraction of sp³-hybridized carbons (Fsp3) is 0.278. The maximum absolute atomic E-state index is 12.4. The molecule has 0 aliphatic heterocycles. The van der Waals surface area contributed by atoms with Crippen LogP contribution in [-0.2, 0) is 11.3 Å². The average Bonchev–Trinajstić information content (AvgIpc) is 3.30. The van der Waals surface area contributed by atoms with E-state index in [4.69, 9.17) is 26.9 Å². The quantitative estimate of drug-likeness (QED) is 0.413. The summed E-state index contributed by atoms with van der Waals surface area (Å²) < 4.78 is 12.6. The van der Waals surface area contributed by atoms with E-state index in [9.17, 15) is 4.79 Å². The largest absolute Gasteiger partial charge is 0.493 e. The number of nitrogen functional groups attached to an aromatic ring is 1. The number of thiophene rings is 1. The predicted octanol–water partition coefficient (Wildman–Crippen LogP) is 3.14. The zero-order valence-corrected chi connectivity index (χ0v) is 18.5. The summed E-state index contributed by atoms with van der Waals surface area (Å²) in [7, 11) is 4.87.